The number of carbonyl (C=O) groups is 2. The molecule has 0 spiro atoms. The molecule has 0 unspecified atom stereocenters. The molecule has 3 rings (SSSR count). The molecule has 0 radical (unpaired) electrons. The van der Waals surface area contributed by atoms with Crippen LogP contribution in [0, 0.1) is 13.8 Å². The van der Waals surface area contributed by atoms with Gasteiger partial charge in [0.05, 0.1) is 7.11 Å². The number of aryl methyl sites for hydroxylation is 1. The number of ketones is 1. The van der Waals surface area contributed by atoms with Gasteiger partial charge in [0.2, 0.25) is 5.78 Å². The van der Waals surface area contributed by atoms with E-state index in [1.165, 1.54) is 7.11 Å². The highest BCUT2D eigenvalue weighted by atomic mass is 16.6. The second-order valence-electron chi connectivity index (χ2n) is 7.64. The van der Waals surface area contributed by atoms with E-state index < -0.39 is 5.97 Å². The highest BCUT2D eigenvalue weighted by Gasteiger charge is 2.18. The van der Waals surface area contributed by atoms with Crippen molar-refractivity contribution in [2.24, 2.45) is 0 Å². The van der Waals surface area contributed by atoms with Gasteiger partial charge in [0.15, 0.2) is 24.7 Å². The minimum Gasteiger partial charge on any atom is -0.493 e. The molecule has 0 aliphatic heterocycles. The number of aromatic nitrogens is 1. The third kappa shape index (κ3) is 6.13. The second kappa shape index (κ2) is 11.2. The lowest BCUT2D eigenvalue weighted by Gasteiger charge is -2.11. The summed E-state index contributed by atoms with van der Waals surface area (Å²) in [6, 6.07) is 17.3. The Balaban J connectivity index is 1.57. The van der Waals surface area contributed by atoms with Gasteiger partial charge in [-0.05, 0) is 50.1 Å². The van der Waals surface area contributed by atoms with Crippen molar-refractivity contribution in [3.05, 3.63) is 88.8 Å². The van der Waals surface area contributed by atoms with E-state index in [-0.39, 0.29) is 19.0 Å². The van der Waals surface area contributed by atoms with Gasteiger partial charge in [0, 0.05) is 23.5 Å². The van der Waals surface area contributed by atoms with Gasteiger partial charge < -0.3 is 18.8 Å². The van der Waals surface area contributed by atoms with Crippen LogP contribution in [0.25, 0.3) is 6.08 Å². The Morgan fingerprint density at radius 2 is 1.73 bits per heavy atom. The average Bonchev–Trinajstić information content (AvgIpc) is 3.10. The van der Waals surface area contributed by atoms with Gasteiger partial charge >= 0.3 is 5.97 Å². The molecule has 0 amide bonds. The molecule has 0 saturated heterocycles. The maximum atomic E-state index is 12.7. The molecule has 3 aromatic rings. The van der Waals surface area contributed by atoms with Crippen molar-refractivity contribution in [1.29, 1.82) is 0 Å². The highest BCUT2D eigenvalue weighted by molar-refractivity contribution is 5.99. The summed E-state index contributed by atoms with van der Waals surface area (Å²) < 4.78 is 18.1. The Labute approximate surface area is 194 Å². The lowest BCUT2D eigenvalue weighted by atomic mass is 10.1. The van der Waals surface area contributed by atoms with Crippen LogP contribution in [0.5, 0.6) is 11.5 Å². The van der Waals surface area contributed by atoms with Gasteiger partial charge in [0.1, 0.15) is 0 Å². The maximum absolute atomic E-state index is 12.7. The fraction of sp³-hybridized carbons (Fsp3) is 0.259. The van der Waals surface area contributed by atoms with Gasteiger partial charge in [0.25, 0.3) is 0 Å². The molecule has 0 fully saturated rings. The lowest BCUT2D eigenvalue weighted by Crippen LogP contribution is -2.20. The number of methoxy groups -OCH3 is 1. The Kier molecular flexibility index (Phi) is 8.08. The molecule has 6 heteroatoms. The third-order valence-corrected chi connectivity index (χ3v) is 5.31. The van der Waals surface area contributed by atoms with Crippen molar-refractivity contribution >= 4 is 17.8 Å². The summed E-state index contributed by atoms with van der Waals surface area (Å²) in [4.78, 5) is 24.9. The summed E-state index contributed by atoms with van der Waals surface area (Å²) in [7, 11) is 1.53. The predicted octanol–water partition coefficient (Wildman–Crippen LogP) is 5.00. The van der Waals surface area contributed by atoms with Crippen molar-refractivity contribution in [1.82, 2.24) is 4.57 Å². The molecule has 2 aromatic carbocycles. The van der Waals surface area contributed by atoms with Crippen LogP contribution in [-0.4, -0.2) is 36.6 Å². The summed E-state index contributed by atoms with van der Waals surface area (Å²) in [6.45, 7) is 5.80. The molecule has 1 heterocycles. The normalized spacial score (nSPS) is 10.9. The number of nitrogens with zero attached hydrogens (tertiary/aromatic N) is 1. The first kappa shape index (κ1) is 23.9. The van der Waals surface area contributed by atoms with E-state index in [4.69, 9.17) is 14.2 Å². The largest absolute Gasteiger partial charge is 0.493 e. The molecule has 0 aliphatic carbocycles. The van der Waals surface area contributed by atoms with Gasteiger partial charge in [-0.3, -0.25) is 4.79 Å². The van der Waals surface area contributed by atoms with Crippen LogP contribution >= 0.6 is 0 Å². The van der Waals surface area contributed by atoms with Crippen LogP contribution in [0.4, 0.5) is 0 Å². The zero-order valence-corrected chi connectivity index (χ0v) is 19.5. The SMILES string of the molecule is C/C=C/c1ccc(OCC(=O)OCC(=O)c2cc(C)n(Cc3ccccc3)c2C)c(OC)c1. The molecule has 0 bridgehead atoms. The zero-order chi connectivity index (χ0) is 23.8. The number of rotatable bonds is 10. The summed E-state index contributed by atoms with van der Waals surface area (Å²) in [6.07, 6.45) is 3.85. The van der Waals surface area contributed by atoms with Gasteiger partial charge in [-0.25, -0.2) is 4.79 Å². The number of hydrogen-bond acceptors (Lipinski definition) is 5. The lowest BCUT2D eigenvalue weighted by molar-refractivity contribution is -0.144. The van der Waals surface area contributed by atoms with Crippen LogP contribution in [0.15, 0.2) is 60.7 Å². The van der Waals surface area contributed by atoms with Gasteiger partial charge in [-0.2, -0.15) is 0 Å². The van der Waals surface area contributed by atoms with Crippen molar-refractivity contribution in [2.45, 2.75) is 27.3 Å². The van der Waals surface area contributed by atoms with Crippen molar-refractivity contribution in [3.8, 4) is 11.5 Å². The fourth-order valence-electron chi connectivity index (χ4n) is 3.59. The van der Waals surface area contributed by atoms with Crippen LogP contribution in [0.2, 0.25) is 0 Å². The molecule has 6 nitrogen and oxygen atoms in total. The second-order valence-corrected chi connectivity index (χ2v) is 7.64. The molecule has 33 heavy (non-hydrogen) atoms. The number of esters is 1. The number of benzene rings is 2. The van der Waals surface area contributed by atoms with Crippen LogP contribution in [0.3, 0.4) is 0 Å². The monoisotopic (exact) mass is 447 g/mol. The Morgan fingerprint density at radius 3 is 2.42 bits per heavy atom. The van der Waals surface area contributed by atoms with E-state index in [2.05, 4.69) is 4.57 Å². The zero-order valence-electron chi connectivity index (χ0n) is 19.5. The molecular weight excluding hydrogens is 418 g/mol. The Bertz CT molecular complexity index is 1140. The minimum atomic E-state index is -0.624. The smallest absolute Gasteiger partial charge is 0.344 e. The van der Waals surface area contributed by atoms with E-state index in [1.807, 2.05) is 81.5 Å². The van der Waals surface area contributed by atoms with Gasteiger partial charge in [-0.15, -0.1) is 0 Å². The quantitative estimate of drug-likeness (QED) is 0.323. The molecule has 0 aliphatic rings. The molecule has 172 valence electrons. The van der Waals surface area contributed by atoms with Crippen LogP contribution < -0.4 is 9.47 Å². The fourth-order valence-corrected chi connectivity index (χ4v) is 3.59. The summed E-state index contributed by atoms with van der Waals surface area (Å²) in [5, 5.41) is 0. The maximum Gasteiger partial charge on any atom is 0.344 e. The molecular formula is C27H29NO5. The first-order chi connectivity index (χ1) is 15.9. The van der Waals surface area contributed by atoms with E-state index in [0.717, 1.165) is 22.5 Å². The Morgan fingerprint density at radius 1 is 0.970 bits per heavy atom. The number of ether oxygens (including phenoxy) is 3. The summed E-state index contributed by atoms with van der Waals surface area (Å²) in [5.41, 5.74) is 4.48. The van der Waals surface area contributed by atoms with E-state index in [9.17, 15) is 9.59 Å². The van der Waals surface area contributed by atoms with Crippen LogP contribution in [0.1, 0.15) is 39.8 Å². The molecule has 0 N–H and O–H groups in total. The third-order valence-electron chi connectivity index (χ3n) is 5.31. The molecule has 0 saturated carbocycles. The highest BCUT2D eigenvalue weighted by Crippen LogP contribution is 2.28. The standard InChI is InChI=1S/C27H29NO5/c1-5-9-21-12-13-25(26(15-21)31-4)32-18-27(30)33-17-24(29)23-14-19(2)28(20(23)3)16-22-10-7-6-8-11-22/h5-15H,16-18H2,1-4H3/b9-5+. The molecule has 1 aromatic heterocycles. The van der Waals surface area contributed by atoms with Crippen molar-refractivity contribution in [3.63, 3.8) is 0 Å². The Hall–Kier alpha value is -3.80. The molecule has 0 atom stereocenters. The minimum absolute atomic E-state index is 0.246. The van der Waals surface area contributed by atoms with E-state index >= 15 is 0 Å². The number of allylic oxidation sites excluding steroid dienone is 1. The number of Topliss-reactive ketones (excluding diaryl/α,β-unsaturated/α-hetero) is 1. The number of hydrogen-bond donors (Lipinski definition) is 0. The van der Waals surface area contributed by atoms with Gasteiger partial charge in [-0.1, -0.05) is 48.6 Å². The van der Waals surface area contributed by atoms with Crippen molar-refractivity contribution in [2.75, 3.05) is 20.3 Å². The average molecular weight is 448 g/mol. The first-order valence-corrected chi connectivity index (χ1v) is 10.8. The topological polar surface area (TPSA) is 66.8 Å². The van der Waals surface area contributed by atoms with Crippen molar-refractivity contribution < 1.29 is 23.8 Å². The predicted molar refractivity (Wildman–Crippen MR) is 128 cm³/mol. The van der Waals surface area contributed by atoms with Crippen LogP contribution in [-0.2, 0) is 16.1 Å². The van der Waals surface area contributed by atoms with E-state index in [1.54, 1.807) is 6.07 Å². The first-order valence-electron chi connectivity index (χ1n) is 10.8. The van der Waals surface area contributed by atoms with E-state index in [0.29, 0.717) is 23.6 Å². The number of carbonyl (C=O) groups excluding carboxylic acids is 2. The summed E-state index contributed by atoms with van der Waals surface area (Å²) in [5.74, 6) is 0.0731. The summed E-state index contributed by atoms with van der Waals surface area (Å²) >= 11 is 0.